The average molecular weight is 581 g/mol. The van der Waals surface area contributed by atoms with Gasteiger partial charge in [0.25, 0.3) is 0 Å². The molecule has 36 heavy (non-hydrogen) atoms. The van der Waals surface area contributed by atoms with E-state index in [9.17, 15) is 13.2 Å². The molecule has 0 spiro atoms. The van der Waals surface area contributed by atoms with E-state index in [1.165, 1.54) is 39.2 Å². The van der Waals surface area contributed by atoms with Gasteiger partial charge < -0.3 is 9.12 Å². The molecule has 10 heteroatoms. The van der Waals surface area contributed by atoms with Crippen LogP contribution in [0.2, 0.25) is 0 Å². The van der Waals surface area contributed by atoms with Crippen molar-refractivity contribution in [2.45, 2.75) is 32.8 Å². The molecule has 0 saturated carbocycles. The van der Waals surface area contributed by atoms with Gasteiger partial charge in [-0.15, -0.1) is 0 Å². The number of aryl methyl sites for hydroxylation is 2. The summed E-state index contributed by atoms with van der Waals surface area (Å²) in [6.45, 7) is 7.48. The summed E-state index contributed by atoms with van der Waals surface area (Å²) < 4.78 is 64.7. The summed E-state index contributed by atoms with van der Waals surface area (Å²) in [5.74, 6) is 0. The van der Waals surface area contributed by atoms with Crippen LogP contribution < -0.4 is 4.57 Å². The van der Waals surface area contributed by atoms with Crippen molar-refractivity contribution in [1.82, 2.24) is 4.57 Å². The molecule has 2 aromatic carbocycles. The zero-order valence-corrected chi connectivity index (χ0v) is 22.2. The predicted octanol–water partition coefficient (Wildman–Crippen LogP) is 6.54. The second-order valence-corrected chi connectivity index (χ2v) is 10.2. The minimum absolute atomic E-state index is 0.932. The summed E-state index contributed by atoms with van der Waals surface area (Å²) in [6.07, 6.45) is 4.45. The van der Waals surface area contributed by atoms with Crippen LogP contribution in [0.5, 0.6) is 0 Å². The number of nitrogens with zero attached hydrogens (tertiary/aromatic N) is 2. The number of rotatable bonds is 4. The van der Waals surface area contributed by atoms with Crippen molar-refractivity contribution in [2.75, 3.05) is 0 Å². The van der Waals surface area contributed by atoms with Gasteiger partial charge in [-0.1, -0.05) is 34.1 Å². The van der Waals surface area contributed by atoms with Crippen LogP contribution in [0.25, 0.3) is 28.7 Å². The first kappa shape index (κ1) is 27.6. The largest absolute Gasteiger partial charge is 0.741 e. The van der Waals surface area contributed by atoms with Crippen molar-refractivity contribution in [3.8, 4) is 5.69 Å². The molecule has 190 valence electrons. The summed E-state index contributed by atoms with van der Waals surface area (Å²) >= 11 is 3.57. The fraction of sp³-hybridized carbons (Fsp3) is 0.192. The summed E-state index contributed by atoms with van der Waals surface area (Å²) in [6, 6.07) is 23.6. The average Bonchev–Trinajstić information content (AvgIpc) is 3.09. The number of aromatic nitrogens is 2. The second-order valence-electron chi connectivity index (χ2n) is 7.94. The molecule has 0 atom stereocenters. The van der Waals surface area contributed by atoms with Crippen molar-refractivity contribution in [2.24, 2.45) is 0 Å². The smallest absolute Gasteiger partial charge is 0.485 e. The van der Waals surface area contributed by atoms with E-state index in [1.807, 2.05) is 0 Å². The molecule has 0 fully saturated rings. The van der Waals surface area contributed by atoms with Crippen LogP contribution in [0, 0.1) is 13.8 Å². The van der Waals surface area contributed by atoms with Crippen molar-refractivity contribution in [3.05, 3.63) is 93.8 Å². The second kappa shape index (κ2) is 11.0. The number of halogens is 4. The fourth-order valence-corrected chi connectivity index (χ4v) is 4.29. The molecule has 4 aromatic rings. The van der Waals surface area contributed by atoms with Gasteiger partial charge in [-0.3, -0.25) is 0 Å². The molecule has 2 heterocycles. The Morgan fingerprint density at radius 1 is 1.00 bits per heavy atom. The highest BCUT2D eigenvalue weighted by Crippen LogP contribution is 2.23. The van der Waals surface area contributed by atoms with E-state index in [1.54, 1.807) is 0 Å². The molecule has 5 nitrogen and oxygen atoms in total. The van der Waals surface area contributed by atoms with Gasteiger partial charge in [-0.25, -0.2) is 8.42 Å². The van der Waals surface area contributed by atoms with Crippen molar-refractivity contribution >= 4 is 49.1 Å². The van der Waals surface area contributed by atoms with Gasteiger partial charge in [-0.2, -0.15) is 17.7 Å². The number of para-hydroxylation sites is 1. The lowest BCUT2D eigenvalue weighted by Gasteiger charge is -2.09. The SMILES string of the molecule is CC[n+]1c(/C=C/c2cc(C)n(-c3ccccc3)c2C)ccc2cc(Br)ccc21.O=S(=O)([O-])C(F)(F)F. The van der Waals surface area contributed by atoms with E-state index < -0.39 is 15.6 Å². The molecule has 0 saturated heterocycles. The molecule has 0 amide bonds. The lowest BCUT2D eigenvalue weighted by atomic mass is 10.1. The van der Waals surface area contributed by atoms with Gasteiger partial charge in [-0.05, 0) is 68.8 Å². The first-order valence-electron chi connectivity index (χ1n) is 10.9. The third-order valence-electron chi connectivity index (χ3n) is 5.54. The van der Waals surface area contributed by atoms with Crippen molar-refractivity contribution in [1.29, 1.82) is 0 Å². The number of benzene rings is 2. The van der Waals surface area contributed by atoms with Gasteiger partial charge in [0.1, 0.15) is 6.54 Å². The fourth-order valence-electron chi connectivity index (χ4n) is 3.91. The van der Waals surface area contributed by atoms with E-state index in [0.29, 0.717) is 0 Å². The standard InChI is InChI=1S/C25H24BrN2.CHF3O3S/c1-4-27-23(14-11-21-17-22(26)12-15-25(21)27)13-10-20-16-18(2)28(19(20)3)24-8-6-5-7-9-24;2-1(3,4)8(5,6)7/h5-17H,4H2,1-3H3;(H,5,6,7)/q+1;/p-1. The van der Waals surface area contributed by atoms with Gasteiger partial charge in [0, 0.05) is 45.1 Å². The van der Waals surface area contributed by atoms with Crippen LogP contribution in [0.3, 0.4) is 0 Å². The molecule has 0 N–H and O–H groups in total. The monoisotopic (exact) mass is 580 g/mol. The number of hydrogen-bond donors (Lipinski definition) is 0. The highest BCUT2D eigenvalue weighted by atomic mass is 79.9. The Bertz CT molecular complexity index is 1510. The topological polar surface area (TPSA) is 66.0 Å². The first-order chi connectivity index (χ1) is 16.8. The van der Waals surface area contributed by atoms with Gasteiger partial charge >= 0.3 is 5.51 Å². The molecule has 4 rings (SSSR count). The Balaban J connectivity index is 0.000000392. The minimum atomic E-state index is -6.09. The number of pyridine rings is 1. The summed E-state index contributed by atoms with van der Waals surface area (Å²) in [5, 5.41) is 1.25. The van der Waals surface area contributed by atoms with Crippen LogP contribution >= 0.6 is 15.9 Å². The van der Waals surface area contributed by atoms with E-state index >= 15 is 0 Å². The summed E-state index contributed by atoms with van der Waals surface area (Å²) in [7, 11) is -6.09. The normalized spacial score (nSPS) is 12.1. The summed E-state index contributed by atoms with van der Waals surface area (Å²) in [5.41, 5.74) is 1.77. The quantitative estimate of drug-likeness (QED) is 0.156. The van der Waals surface area contributed by atoms with E-state index in [4.69, 9.17) is 13.0 Å². The number of alkyl halides is 3. The molecule has 0 bridgehead atoms. The zero-order chi connectivity index (χ0) is 26.7. The maximum Gasteiger partial charge on any atom is 0.485 e. The third-order valence-corrected chi connectivity index (χ3v) is 6.60. The minimum Gasteiger partial charge on any atom is -0.741 e. The maximum atomic E-state index is 10.7. The van der Waals surface area contributed by atoms with Gasteiger partial charge in [0.05, 0.1) is 0 Å². The van der Waals surface area contributed by atoms with Gasteiger partial charge in [0.2, 0.25) is 11.2 Å². The van der Waals surface area contributed by atoms with Crippen LogP contribution in [-0.4, -0.2) is 23.0 Å². The van der Waals surface area contributed by atoms with Gasteiger partial charge in [0.15, 0.2) is 10.1 Å². The Morgan fingerprint density at radius 3 is 2.22 bits per heavy atom. The van der Waals surface area contributed by atoms with Crippen molar-refractivity contribution < 1.29 is 30.7 Å². The maximum absolute atomic E-state index is 10.7. The van der Waals surface area contributed by atoms with Crippen LogP contribution in [0.15, 0.2) is 71.2 Å². The Morgan fingerprint density at radius 2 is 1.64 bits per heavy atom. The molecule has 2 aromatic heterocycles. The molecule has 0 unspecified atom stereocenters. The Labute approximate surface area is 216 Å². The van der Waals surface area contributed by atoms with Crippen LogP contribution in [0.4, 0.5) is 13.2 Å². The molecule has 0 aliphatic heterocycles. The highest BCUT2D eigenvalue weighted by Gasteiger charge is 2.36. The lowest BCUT2D eigenvalue weighted by molar-refractivity contribution is -0.669. The molecular weight excluding hydrogens is 557 g/mol. The van der Waals surface area contributed by atoms with E-state index in [-0.39, 0.29) is 0 Å². The molecule has 0 aliphatic carbocycles. The van der Waals surface area contributed by atoms with Crippen molar-refractivity contribution in [3.63, 3.8) is 0 Å². The van der Waals surface area contributed by atoms with Crippen LogP contribution in [0.1, 0.15) is 29.6 Å². The van der Waals surface area contributed by atoms with E-state index in [0.717, 1.165) is 11.0 Å². The first-order valence-corrected chi connectivity index (χ1v) is 13.1. The van der Waals surface area contributed by atoms with Crippen LogP contribution in [-0.2, 0) is 16.7 Å². The number of hydrogen-bond acceptors (Lipinski definition) is 3. The Hall–Kier alpha value is -2.95. The third kappa shape index (κ3) is 6.24. The predicted molar refractivity (Wildman–Crippen MR) is 137 cm³/mol. The highest BCUT2D eigenvalue weighted by molar-refractivity contribution is 9.10. The summed E-state index contributed by atoms with van der Waals surface area (Å²) in [4.78, 5) is 0. The molecule has 0 radical (unpaired) electrons. The molecule has 0 aliphatic rings. The Kier molecular flexibility index (Phi) is 8.43. The van der Waals surface area contributed by atoms with E-state index in [2.05, 4.69) is 125 Å². The lowest BCUT2D eigenvalue weighted by Crippen LogP contribution is -2.36. The number of fused-ring (bicyclic) bond motifs is 1. The zero-order valence-electron chi connectivity index (χ0n) is 19.8. The molecular formula is C26H24BrF3N2O3S.